The molecule has 0 fully saturated rings. The second-order valence-electron chi connectivity index (χ2n) is 7.96. The molecule has 3 rings (SSSR count). The van der Waals surface area contributed by atoms with Crippen LogP contribution in [0, 0.1) is 0 Å². The molecule has 1 atom stereocenters. The van der Waals surface area contributed by atoms with Crippen molar-refractivity contribution in [3.8, 4) is 0 Å². The number of ether oxygens (including phenoxy) is 2. The maximum absolute atomic E-state index is 12.6. The van der Waals surface area contributed by atoms with Crippen LogP contribution < -0.4 is 10.6 Å². The van der Waals surface area contributed by atoms with Crippen LogP contribution in [0.2, 0.25) is 0 Å². The Bertz CT molecular complexity index is 1300. The Kier molecular flexibility index (Phi) is 11.1. The Morgan fingerprint density at radius 2 is 1.79 bits per heavy atom. The highest BCUT2D eigenvalue weighted by Crippen LogP contribution is 2.30. The van der Waals surface area contributed by atoms with Gasteiger partial charge < -0.3 is 20.1 Å². The van der Waals surface area contributed by atoms with E-state index in [1.54, 1.807) is 32.2 Å². The summed E-state index contributed by atoms with van der Waals surface area (Å²) in [6, 6.07) is 18.5. The summed E-state index contributed by atoms with van der Waals surface area (Å²) in [6.45, 7) is 3.41. The Morgan fingerprint density at radius 1 is 1.05 bits per heavy atom. The molecule has 1 aromatic heterocycles. The molecule has 38 heavy (non-hydrogen) atoms. The fourth-order valence-corrected chi connectivity index (χ4v) is 3.96. The smallest absolute Gasteiger partial charge is 0.432 e. The summed E-state index contributed by atoms with van der Waals surface area (Å²) < 4.78 is 8.13. The maximum Gasteiger partial charge on any atom is 0.509 e. The van der Waals surface area contributed by atoms with E-state index in [1.165, 1.54) is 6.08 Å². The van der Waals surface area contributed by atoms with E-state index < -0.39 is 22.0 Å². The van der Waals surface area contributed by atoms with Crippen molar-refractivity contribution in [2.45, 2.75) is 29.9 Å². The molecule has 1 unspecified atom stereocenters. The summed E-state index contributed by atoms with van der Waals surface area (Å²) in [6.07, 6.45) is 2.23. The van der Waals surface area contributed by atoms with Crippen LogP contribution >= 0.6 is 46.6 Å². The SMILES string of the molecule is CC(C)OC(=O)OCS/C(=N/c1cccc2cccnc12)NC(NC(=O)/C=C/c1ccccc1)C(Cl)(Cl)Cl. The molecule has 0 aliphatic heterocycles. The number of benzene rings is 2. The number of fused-ring (bicyclic) bond motifs is 1. The number of hydrogen-bond donors (Lipinski definition) is 2. The predicted molar refractivity (Wildman–Crippen MR) is 155 cm³/mol. The fourth-order valence-electron chi connectivity index (χ4n) is 3.00. The molecule has 0 saturated carbocycles. The molecule has 2 aromatic carbocycles. The van der Waals surface area contributed by atoms with E-state index >= 15 is 0 Å². The highest BCUT2D eigenvalue weighted by molar-refractivity contribution is 8.13. The Morgan fingerprint density at radius 3 is 2.50 bits per heavy atom. The second kappa shape index (κ2) is 14.2. The third-order valence-electron chi connectivity index (χ3n) is 4.65. The quantitative estimate of drug-likeness (QED) is 0.0756. The monoisotopic (exact) mass is 594 g/mol. The lowest BCUT2D eigenvalue weighted by molar-refractivity contribution is -0.117. The van der Waals surface area contributed by atoms with Crippen LogP contribution in [0.1, 0.15) is 19.4 Å². The minimum atomic E-state index is -1.97. The zero-order valence-corrected chi connectivity index (χ0v) is 23.5. The number of hydrogen-bond acceptors (Lipinski definition) is 7. The van der Waals surface area contributed by atoms with Gasteiger partial charge in [0.05, 0.1) is 17.3 Å². The molecule has 1 amide bonds. The first kappa shape index (κ1) is 29.6. The maximum atomic E-state index is 12.6. The van der Waals surface area contributed by atoms with E-state index in [1.807, 2.05) is 54.6 Å². The van der Waals surface area contributed by atoms with Crippen LogP contribution in [0.5, 0.6) is 0 Å². The molecular weight excluding hydrogens is 571 g/mol. The van der Waals surface area contributed by atoms with Gasteiger partial charge in [0.25, 0.3) is 0 Å². The minimum Gasteiger partial charge on any atom is -0.432 e. The fraction of sp³-hybridized carbons (Fsp3) is 0.231. The van der Waals surface area contributed by atoms with Gasteiger partial charge in [0.1, 0.15) is 12.1 Å². The number of alkyl halides is 3. The van der Waals surface area contributed by atoms with E-state index in [0.29, 0.717) is 11.2 Å². The number of para-hydroxylation sites is 1. The van der Waals surface area contributed by atoms with Crippen molar-refractivity contribution in [3.63, 3.8) is 0 Å². The van der Waals surface area contributed by atoms with Crippen molar-refractivity contribution in [2.24, 2.45) is 4.99 Å². The summed E-state index contributed by atoms with van der Waals surface area (Å²) in [5.41, 5.74) is 1.98. The number of pyridine rings is 1. The lowest BCUT2D eigenvalue weighted by atomic mass is 10.2. The first-order chi connectivity index (χ1) is 18.1. The molecule has 200 valence electrons. The number of rotatable bonds is 8. The Labute approximate surface area is 239 Å². The molecule has 0 aliphatic rings. The van der Waals surface area contributed by atoms with E-state index in [2.05, 4.69) is 20.6 Å². The van der Waals surface area contributed by atoms with Gasteiger partial charge in [-0.15, -0.1) is 0 Å². The largest absolute Gasteiger partial charge is 0.509 e. The van der Waals surface area contributed by atoms with Gasteiger partial charge in [0.15, 0.2) is 5.17 Å². The number of halogens is 3. The highest BCUT2D eigenvalue weighted by atomic mass is 35.6. The number of thioether (sulfide) groups is 1. The van der Waals surface area contributed by atoms with E-state index in [4.69, 9.17) is 44.3 Å². The lowest BCUT2D eigenvalue weighted by Gasteiger charge is -2.27. The zero-order valence-electron chi connectivity index (χ0n) is 20.4. The summed E-state index contributed by atoms with van der Waals surface area (Å²) in [4.78, 5) is 33.5. The number of aromatic nitrogens is 1. The lowest BCUT2D eigenvalue weighted by Crippen LogP contribution is -2.54. The van der Waals surface area contributed by atoms with Crippen LogP contribution in [-0.2, 0) is 14.3 Å². The Hall–Kier alpha value is -2.98. The zero-order chi connectivity index (χ0) is 27.5. The number of nitrogens with one attached hydrogen (secondary N) is 2. The van der Waals surface area contributed by atoms with Crippen molar-refractivity contribution in [1.29, 1.82) is 0 Å². The summed E-state index contributed by atoms with van der Waals surface area (Å²) >= 11 is 19.6. The van der Waals surface area contributed by atoms with Crippen LogP contribution in [0.15, 0.2) is 77.9 Å². The van der Waals surface area contributed by atoms with E-state index in [0.717, 1.165) is 22.7 Å². The van der Waals surface area contributed by atoms with Crippen molar-refractivity contribution < 1.29 is 19.1 Å². The van der Waals surface area contributed by atoms with Gasteiger partial charge in [-0.1, -0.05) is 83.3 Å². The molecule has 0 spiro atoms. The molecule has 12 heteroatoms. The number of nitrogens with zero attached hydrogens (tertiary/aromatic N) is 2. The van der Waals surface area contributed by atoms with Gasteiger partial charge in [-0.2, -0.15) is 0 Å². The molecule has 0 radical (unpaired) electrons. The topological polar surface area (TPSA) is 102 Å². The van der Waals surface area contributed by atoms with Gasteiger partial charge in [-0.05, 0) is 49.4 Å². The van der Waals surface area contributed by atoms with Crippen LogP contribution in [0.3, 0.4) is 0 Å². The van der Waals surface area contributed by atoms with E-state index in [-0.39, 0.29) is 17.2 Å². The average Bonchev–Trinajstić information content (AvgIpc) is 2.87. The first-order valence-corrected chi connectivity index (χ1v) is 13.5. The summed E-state index contributed by atoms with van der Waals surface area (Å²) in [5, 5.41) is 6.64. The highest BCUT2D eigenvalue weighted by Gasteiger charge is 2.34. The molecule has 0 bridgehead atoms. The van der Waals surface area contributed by atoms with Crippen molar-refractivity contribution >= 4 is 86.5 Å². The molecule has 2 N–H and O–H groups in total. The van der Waals surface area contributed by atoms with Crippen LogP contribution in [0.4, 0.5) is 10.5 Å². The average molecular weight is 596 g/mol. The molecule has 1 heterocycles. The molecule has 0 saturated heterocycles. The van der Waals surface area contributed by atoms with Crippen molar-refractivity contribution in [3.05, 3.63) is 78.5 Å². The second-order valence-corrected chi connectivity index (χ2v) is 11.2. The summed E-state index contributed by atoms with van der Waals surface area (Å²) in [5.74, 6) is -0.671. The Balaban J connectivity index is 1.83. The van der Waals surface area contributed by atoms with E-state index in [9.17, 15) is 9.59 Å². The molecule has 0 aliphatic carbocycles. The van der Waals surface area contributed by atoms with Gasteiger partial charge in [0.2, 0.25) is 9.70 Å². The van der Waals surface area contributed by atoms with Gasteiger partial charge in [-0.25, -0.2) is 9.79 Å². The number of amides is 1. The minimum absolute atomic E-state index is 0.163. The normalized spacial score (nSPS) is 12.9. The number of carbonyl (C=O) groups is 2. The van der Waals surface area contributed by atoms with Crippen LogP contribution in [-0.4, -0.2) is 44.2 Å². The van der Waals surface area contributed by atoms with Crippen molar-refractivity contribution in [2.75, 3.05) is 5.94 Å². The van der Waals surface area contributed by atoms with Gasteiger partial charge in [0, 0.05) is 17.7 Å². The summed E-state index contributed by atoms with van der Waals surface area (Å²) in [7, 11) is 0. The number of aliphatic imine (C=N–C) groups is 1. The molecule has 8 nitrogen and oxygen atoms in total. The third-order valence-corrected chi connectivity index (χ3v) is 6.02. The molecular formula is C26H25Cl3N4O4S. The van der Waals surface area contributed by atoms with Crippen LogP contribution in [0.25, 0.3) is 17.0 Å². The first-order valence-electron chi connectivity index (χ1n) is 11.4. The third kappa shape index (κ3) is 9.72. The van der Waals surface area contributed by atoms with Gasteiger partial charge in [-0.3, -0.25) is 9.78 Å². The van der Waals surface area contributed by atoms with Gasteiger partial charge >= 0.3 is 6.16 Å². The number of amidine groups is 1. The van der Waals surface area contributed by atoms with Crippen molar-refractivity contribution in [1.82, 2.24) is 15.6 Å². The molecule has 3 aromatic rings. The number of carbonyl (C=O) groups excluding carboxylic acids is 2. The standard InChI is InChI=1S/C26H25Cl3N4O4S/c1-17(2)37-25(35)36-16-38-24(31-20-12-6-10-19-11-7-15-30-22(19)20)33-23(26(27,28)29)32-21(34)14-13-18-8-4-3-5-9-18/h3-15,17,23H,16H2,1-2H3,(H,31,33)(H,32,34)/b14-13+. The predicted octanol–water partition coefficient (Wildman–Crippen LogP) is 6.59.